The molecule has 0 aromatic carbocycles. The Morgan fingerprint density at radius 3 is 2.47 bits per heavy atom. The fourth-order valence-electron chi connectivity index (χ4n) is 2.19. The lowest BCUT2D eigenvalue weighted by Gasteiger charge is -2.17. The van der Waals surface area contributed by atoms with Gasteiger partial charge in [-0.05, 0) is 13.3 Å². The van der Waals surface area contributed by atoms with Crippen LogP contribution < -0.4 is 0 Å². The van der Waals surface area contributed by atoms with Gasteiger partial charge >= 0.3 is 6.18 Å². The maximum atomic E-state index is 13.8. The summed E-state index contributed by atoms with van der Waals surface area (Å²) in [5, 5.41) is 3.26. The van der Waals surface area contributed by atoms with Gasteiger partial charge in [0, 0.05) is 18.0 Å². The lowest BCUT2D eigenvalue weighted by Crippen LogP contribution is -2.23. The number of aromatic nitrogens is 2. The minimum absolute atomic E-state index is 0.000718. The average Bonchev–Trinajstić information content (AvgIpc) is 2.64. The number of alkyl halides is 5. The van der Waals surface area contributed by atoms with Crippen LogP contribution in [0.25, 0.3) is 0 Å². The molecule has 0 N–H and O–H groups in total. The number of hydrogen-bond donors (Lipinski definition) is 0. The van der Waals surface area contributed by atoms with Gasteiger partial charge in [0.15, 0.2) is 5.69 Å². The van der Waals surface area contributed by atoms with E-state index in [2.05, 4.69) is 5.10 Å². The van der Waals surface area contributed by atoms with Crippen molar-refractivity contribution in [2.24, 2.45) is 5.92 Å². The van der Waals surface area contributed by atoms with Crippen LogP contribution in [0, 0.1) is 5.92 Å². The molecule has 0 saturated heterocycles. The Labute approximate surface area is 94.4 Å². The van der Waals surface area contributed by atoms with E-state index in [1.807, 2.05) is 0 Å². The quantitative estimate of drug-likeness (QED) is 0.704. The molecule has 7 heteroatoms. The van der Waals surface area contributed by atoms with Crippen LogP contribution >= 0.6 is 0 Å². The third kappa shape index (κ3) is 1.63. The Bertz CT molecular complexity index is 446. The molecule has 1 aliphatic rings. The lowest BCUT2D eigenvalue weighted by molar-refractivity contribution is -0.142. The first kappa shape index (κ1) is 12.3. The topological polar surface area (TPSA) is 17.8 Å². The summed E-state index contributed by atoms with van der Waals surface area (Å²) in [6.45, 7) is 2.74. The predicted molar refractivity (Wildman–Crippen MR) is 49.7 cm³/mol. The first-order valence-electron chi connectivity index (χ1n) is 5.24. The summed E-state index contributed by atoms with van der Waals surface area (Å²) in [6.07, 6.45) is -4.96. The Balaban J connectivity index is 2.65. The summed E-state index contributed by atoms with van der Waals surface area (Å²) in [4.78, 5) is 0. The molecule has 1 heterocycles. The molecule has 96 valence electrons. The van der Waals surface area contributed by atoms with Crippen molar-refractivity contribution in [2.75, 3.05) is 0 Å². The molecule has 1 aliphatic carbocycles. The van der Waals surface area contributed by atoms with Crippen LogP contribution in [0.3, 0.4) is 0 Å². The van der Waals surface area contributed by atoms with Gasteiger partial charge in [-0.2, -0.15) is 27.1 Å². The van der Waals surface area contributed by atoms with Gasteiger partial charge < -0.3 is 0 Å². The summed E-state index contributed by atoms with van der Waals surface area (Å²) in [7, 11) is 0. The van der Waals surface area contributed by atoms with Crippen LogP contribution in [0.2, 0.25) is 0 Å². The minimum atomic E-state index is -4.68. The van der Waals surface area contributed by atoms with Gasteiger partial charge in [-0.25, -0.2) is 0 Å². The van der Waals surface area contributed by atoms with Crippen LogP contribution in [-0.4, -0.2) is 9.78 Å². The van der Waals surface area contributed by atoms with Crippen molar-refractivity contribution in [1.82, 2.24) is 9.78 Å². The highest BCUT2D eigenvalue weighted by atomic mass is 19.4. The second kappa shape index (κ2) is 3.43. The average molecular weight is 254 g/mol. The first-order chi connectivity index (χ1) is 7.69. The lowest BCUT2D eigenvalue weighted by atomic mass is 10.1. The second-order valence-corrected chi connectivity index (χ2v) is 4.22. The molecule has 2 nitrogen and oxygen atoms in total. The van der Waals surface area contributed by atoms with E-state index in [4.69, 9.17) is 0 Å². The van der Waals surface area contributed by atoms with Crippen LogP contribution in [0.1, 0.15) is 30.8 Å². The Morgan fingerprint density at radius 2 is 2.00 bits per heavy atom. The minimum Gasteiger partial charge on any atom is -0.263 e. The standard InChI is InChI=1S/C10H11F5N2/c1-3-17-8-6(4-5(2)9(8,11)12)7(16-17)10(13,14)15/h5H,3-4H2,1-2H3. The molecule has 1 aromatic heterocycles. The van der Waals surface area contributed by atoms with Gasteiger partial charge in [0.1, 0.15) is 5.69 Å². The summed E-state index contributed by atoms with van der Waals surface area (Å²) < 4.78 is 66.2. The molecule has 0 saturated carbocycles. The van der Waals surface area contributed by atoms with Gasteiger partial charge in [-0.1, -0.05) is 6.92 Å². The van der Waals surface area contributed by atoms with Crippen molar-refractivity contribution in [3.8, 4) is 0 Å². The van der Waals surface area contributed by atoms with Crippen molar-refractivity contribution in [3.05, 3.63) is 17.0 Å². The molecule has 17 heavy (non-hydrogen) atoms. The normalized spacial score (nSPS) is 22.9. The largest absolute Gasteiger partial charge is 0.435 e. The van der Waals surface area contributed by atoms with E-state index >= 15 is 0 Å². The molecule has 1 aromatic rings. The van der Waals surface area contributed by atoms with E-state index in [0.717, 1.165) is 4.68 Å². The summed E-state index contributed by atoms with van der Waals surface area (Å²) in [5.74, 6) is -4.35. The van der Waals surface area contributed by atoms with Crippen LogP contribution in [-0.2, 0) is 25.1 Å². The number of fused-ring (bicyclic) bond motifs is 1. The van der Waals surface area contributed by atoms with Crippen molar-refractivity contribution < 1.29 is 22.0 Å². The zero-order valence-electron chi connectivity index (χ0n) is 9.28. The zero-order chi connectivity index (χ0) is 13.0. The van der Waals surface area contributed by atoms with E-state index in [9.17, 15) is 22.0 Å². The summed E-state index contributed by atoms with van der Waals surface area (Å²) in [6, 6.07) is 0. The highest BCUT2D eigenvalue weighted by molar-refractivity contribution is 5.37. The van der Waals surface area contributed by atoms with E-state index < -0.39 is 29.4 Å². The SMILES string of the molecule is CCn1nc(C(F)(F)F)c2c1C(F)(F)C(C)C2. The molecular weight excluding hydrogens is 243 g/mol. The van der Waals surface area contributed by atoms with Crippen molar-refractivity contribution in [1.29, 1.82) is 0 Å². The van der Waals surface area contributed by atoms with Crippen molar-refractivity contribution >= 4 is 0 Å². The van der Waals surface area contributed by atoms with Gasteiger partial charge in [0.2, 0.25) is 0 Å². The van der Waals surface area contributed by atoms with Gasteiger partial charge in [0.25, 0.3) is 5.92 Å². The smallest absolute Gasteiger partial charge is 0.263 e. The van der Waals surface area contributed by atoms with Crippen LogP contribution in [0.4, 0.5) is 22.0 Å². The molecule has 1 atom stereocenters. The highest BCUT2D eigenvalue weighted by Gasteiger charge is 2.53. The molecule has 0 spiro atoms. The number of aryl methyl sites for hydroxylation is 1. The monoisotopic (exact) mass is 254 g/mol. The second-order valence-electron chi connectivity index (χ2n) is 4.22. The first-order valence-corrected chi connectivity index (χ1v) is 5.24. The van der Waals surface area contributed by atoms with Crippen molar-refractivity contribution in [2.45, 2.75) is 38.9 Å². The van der Waals surface area contributed by atoms with E-state index in [-0.39, 0.29) is 18.5 Å². The maximum Gasteiger partial charge on any atom is 0.435 e. The Kier molecular flexibility index (Phi) is 2.48. The Hall–Kier alpha value is -1.14. The predicted octanol–water partition coefficient (Wildman–Crippen LogP) is 3.21. The third-order valence-corrected chi connectivity index (χ3v) is 3.06. The molecule has 0 bridgehead atoms. The van der Waals surface area contributed by atoms with E-state index in [1.54, 1.807) is 0 Å². The number of halogens is 5. The van der Waals surface area contributed by atoms with Crippen LogP contribution in [0.5, 0.6) is 0 Å². The molecule has 0 aliphatic heterocycles. The fraction of sp³-hybridized carbons (Fsp3) is 0.700. The number of nitrogens with zero attached hydrogens (tertiary/aromatic N) is 2. The molecule has 0 radical (unpaired) electrons. The Morgan fingerprint density at radius 1 is 1.41 bits per heavy atom. The molecule has 2 rings (SSSR count). The highest BCUT2D eigenvalue weighted by Crippen LogP contribution is 2.49. The zero-order valence-corrected chi connectivity index (χ0v) is 9.28. The molecule has 0 fully saturated rings. The van der Waals surface area contributed by atoms with Crippen molar-refractivity contribution in [3.63, 3.8) is 0 Å². The third-order valence-electron chi connectivity index (χ3n) is 3.06. The summed E-state index contributed by atoms with van der Waals surface area (Å²) >= 11 is 0. The molecule has 0 amide bonds. The molecule has 1 unspecified atom stereocenters. The number of rotatable bonds is 1. The summed E-state index contributed by atoms with van der Waals surface area (Å²) in [5.41, 5.74) is -2.09. The van der Waals surface area contributed by atoms with Crippen LogP contribution in [0.15, 0.2) is 0 Å². The molecular formula is C10H11F5N2. The fourth-order valence-corrected chi connectivity index (χ4v) is 2.19. The van der Waals surface area contributed by atoms with Gasteiger partial charge in [0.05, 0.1) is 0 Å². The van der Waals surface area contributed by atoms with E-state index in [1.165, 1.54) is 13.8 Å². The van der Waals surface area contributed by atoms with E-state index in [0.29, 0.717) is 0 Å². The maximum absolute atomic E-state index is 13.8. The van der Waals surface area contributed by atoms with Gasteiger partial charge in [-0.15, -0.1) is 0 Å². The number of hydrogen-bond acceptors (Lipinski definition) is 1. The van der Waals surface area contributed by atoms with Gasteiger partial charge in [-0.3, -0.25) is 4.68 Å².